The standard InChI is InChI=1S/C39H62N4O6/c1-23(2)25(5)35(7)16-17-36(8)26-11-12-29-34(6)19-28(42-18-14-30(41-42)43(46)47)32(49-21-38(10,40)24(3)4)39(29,22-48-20-34)27(26)13-15-37(36,9)31(35)33(44)45/h13-14,18,23-26,28-29,31-32H,11-12,15-17,19-22,40H2,1-10H3,(H,44,45)/t25-,26+,28-,29-,31-,32+,34-,35-,36-,37+,38+,39+/m1/s1. The van der Waals surface area contributed by atoms with Crippen molar-refractivity contribution in [3.05, 3.63) is 34.0 Å². The summed E-state index contributed by atoms with van der Waals surface area (Å²) >= 11 is 0. The van der Waals surface area contributed by atoms with E-state index in [1.807, 2.05) is 6.92 Å². The van der Waals surface area contributed by atoms with Crippen LogP contribution in [-0.2, 0) is 14.3 Å². The summed E-state index contributed by atoms with van der Waals surface area (Å²) in [4.78, 5) is 24.9. The quantitative estimate of drug-likeness (QED) is 0.153. The summed E-state index contributed by atoms with van der Waals surface area (Å²) in [5, 5.41) is 27.4. The molecule has 0 unspecified atom stereocenters. The molecule has 1 aliphatic heterocycles. The van der Waals surface area contributed by atoms with Gasteiger partial charge in [-0.1, -0.05) is 74.0 Å². The van der Waals surface area contributed by atoms with Gasteiger partial charge in [-0.25, -0.2) is 0 Å². The number of carboxylic acids is 1. The molecule has 3 saturated carbocycles. The van der Waals surface area contributed by atoms with Crippen molar-refractivity contribution in [2.24, 2.45) is 68.3 Å². The molecule has 5 aliphatic rings. The molecule has 1 aromatic rings. The van der Waals surface area contributed by atoms with E-state index in [1.54, 1.807) is 10.9 Å². The molecule has 0 spiro atoms. The third kappa shape index (κ3) is 5.11. The second kappa shape index (κ2) is 11.9. The lowest BCUT2D eigenvalue weighted by atomic mass is 9.34. The number of hydrogen-bond donors (Lipinski definition) is 2. The molecule has 3 N–H and O–H groups in total. The topological polar surface area (TPSA) is 143 Å². The number of carbonyl (C=O) groups is 1. The fourth-order valence-electron chi connectivity index (χ4n) is 12.2. The highest BCUT2D eigenvalue weighted by Gasteiger charge is 2.73. The van der Waals surface area contributed by atoms with Crippen molar-refractivity contribution in [3.8, 4) is 0 Å². The minimum Gasteiger partial charge on any atom is -0.481 e. The van der Waals surface area contributed by atoms with Crippen molar-refractivity contribution < 1.29 is 24.3 Å². The Kier molecular flexibility index (Phi) is 8.84. The van der Waals surface area contributed by atoms with E-state index in [4.69, 9.17) is 15.2 Å². The predicted octanol–water partition coefficient (Wildman–Crippen LogP) is 7.68. The first-order valence-corrected chi connectivity index (χ1v) is 18.8. The Hall–Kier alpha value is -2.30. The molecule has 0 aromatic carbocycles. The van der Waals surface area contributed by atoms with Crippen molar-refractivity contribution in [2.75, 3.05) is 19.8 Å². The highest BCUT2D eigenvalue weighted by Crippen LogP contribution is 2.75. The summed E-state index contributed by atoms with van der Waals surface area (Å²) in [6.45, 7) is 23.6. The van der Waals surface area contributed by atoms with Crippen LogP contribution in [0.2, 0.25) is 0 Å². The van der Waals surface area contributed by atoms with Crippen LogP contribution < -0.4 is 5.73 Å². The van der Waals surface area contributed by atoms with E-state index in [1.165, 1.54) is 11.6 Å². The van der Waals surface area contributed by atoms with Gasteiger partial charge in [-0.15, -0.1) is 0 Å². The van der Waals surface area contributed by atoms with Gasteiger partial charge in [0, 0.05) is 11.0 Å². The van der Waals surface area contributed by atoms with Crippen molar-refractivity contribution in [2.45, 2.75) is 125 Å². The molecule has 1 aromatic heterocycles. The van der Waals surface area contributed by atoms with Gasteiger partial charge in [0.2, 0.25) is 0 Å². The van der Waals surface area contributed by atoms with E-state index in [2.05, 4.69) is 73.5 Å². The van der Waals surface area contributed by atoms with Crippen LogP contribution in [0.3, 0.4) is 0 Å². The maximum Gasteiger partial charge on any atom is 0.389 e. The minimum atomic E-state index is -0.671. The summed E-state index contributed by atoms with van der Waals surface area (Å²) < 4.78 is 15.6. The number of aromatic nitrogens is 2. The molecular weight excluding hydrogens is 620 g/mol. The maximum atomic E-state index is 13.5. The minimum absolute atomic E-state index is 0.167. The summed E-state index contributed by atoms with van der Waals surface area (Å²) in [5.74, 6) is -0.0408. The molecule has 0 amide bonds. The molecule has 6 rings (SSSR count). The zero-order valence-electron chi connectivity index (χ0n) is 31.6. The second-order valence-corrected chi connectivity index (χ2v) is 19.0. The molecule has 12 atom stereocenters. The molecule has 1 saturated heterocycles. The molecule has 4 aliphatic carbocycles. The highest BCUT2D eigenvalue weighted by atomic mass is 16.6. The number of fused-ring (bicyclic) bond motifs is 3. The third-order valence-electron chi connectivity index (χ3n) is 16.0. The number of nitrogens with zero attached hydrogens (tertiary/aromatic N) is 3. The lowest BCUT2D eigenvalue weighted by Crippen LogP contribution is -2.70. The van der Waals surface area contributed by atoms with Gasteiger partial charge < -0.3 is 30.4 Å². The molecule has 10 nitrogen and oxygen atoms in total. The fraction of sp³-hybridized carbons (Fsp3) is 0.846. The lowest BCUT2D eigenvalue weighted by molar-refractivity contribution is -0.390. The molecule has 2 heterocycles. The summed E-state index contributed by atoms with van der Waals surface area (Å²) in [7, 11) is 0. The van der Waals surface area contributed by atoms with E-state index in [0.29, 0.717) is 32.2 Å². The Morgan fingerprint density at radius 3 is 2.45 bits per heavy atom. The largest absolute Gasteiger partial charge is 0.481 e. The molecule has 4 fully saturated rings. The van der Waals surface area contributed by atoms with E-state index < -0.39 is 33.2 Å². The Morgan fingerprint density at radius 2 is 1.86 bits per heavy atom. The normalized spacial score (nSPS) is 43.5. The maximum absolute atomic E-state index is 13.5. The van der Waals surface area contributed by atoms with Crippen molar-refractivity contribution in [1.82, 2.24) is 9.78 Å². The summed E-state index contributed by atoms with van der Waals surface area (Å²) in [5.41, 5.74) is 5.94. The van der Waals surface area contributed by atoms with Crippen LogP contribution in [0.5, 0.6) is 0 Å². The van der Waals surface area contributed by atoms with Crippen LogP contribution >= 0.6 is 0 Å². The van der Waals surface area contributed by atoms with Gasteiger partial charge in [-0.3, -0.25) is 4.79 Å². The third-order valence-corrected chi connectivity index (χ3v) is 16.0. The predicted molar refractivity (Wildman–Crippen MR) is 189 cm³/mol. The first-order valence-electron chi connectivity index (χ1n) is 18.8. The van der Waals surface area contributed by atoms with Crippen molar-refractivity contribution in [1.29, 1.82) is 0 Å². The van der Waals surface area contributed by atoms with Crippen LogP contribution in [0, 0.1) is 72.7 Å². The number of nitrogens with two attached hydrogens (primary N) is 1. The van der Waals surface area contributed by atoms with Crippen LogP contribution in [-0.4, -0.2) is 57.2 Å². The molecular formula is C39H62N4O6. The summed E-state index contributed by atoms with van der Waals surface area (Å²) in [6, 6.07) is 1.23. The Labute approximate surface area is 293 Å². The van der Waals surface area contributed by atoms with Crippen molar-refractivity contribution >= 4 is 11.8 Å². The first kappa shape index (κ1) is 36.5. The monoisotopic (exact) mass is 682 g/mol. The van der Waals surface area contributed by atoms with Crippen LogP contribution in [0.15, 0.2) is 23.9 Å². The number of ether oxygens (including phenoxy) is 2. The highest BCUT2D eigenvalue weighted by molar-refractivity contribution is 5.73. The van der Waals surface area contributed by atoms with Gasteiger partial charge in [-0.05, 0) is 102 Å². The van der Waals surface area contributed by atoms with Gasteiger partial charge in [0.1, 0.15) is 6.04 Å². The average Bonchev–Trinajstić information content (AvgIpc) is 3.51. The van der Waals surface area contributed by atoms with E-state index in [-0.39, 0.29) is 57.9 Å². The van der Waals surface area contributed by atoms with Crippen LogP contribution in [0.25, 0.3) is 0 Å². The molecule has 2 bridgehead atoms. The van der Waals surface area contributed by atoms with Gasteiger partial charge in [0.05, 0.1) is 49.2 Å². The smallest absolute Gasteiger partial charge is 0.389 e. The van der Waals surface area contributed by atoms with Crippen molar-refractivity contribution in [3.63, 3.8) is 0 Å². The SMILES string of the molecule is CC(C)[C@@H](C)[C@@]1(C)CC[C@]2(C)[C@H]3CC[C@@H]4[C@@]5(C)COC[C@@]4(C3=CC[C@@]2(C)[C@@H]1C(=O)O)[C@@H](OC[C@](C)(N)C(C)C)[C@H](n1ccc([N+](=O)[O-])n1)C5. The number of allylic oxidation sites excluding steroid dienone is 1. The Balaban J connectivity index is 1.52. The van der Waals surface area contributed by atoms with Gasteiger partial charge in [-0.2, -0.15) is 4.68 Å². The van der Waals surface area contributed by atoms with Crippen LogP contribution in [0.4, 0.5) is 5.82 Å². The zero-order chi connectivity index (χ0) is 36.1. The molecule has 274 valence electrons. The first-order chi connectivity index (χ1) is 22.7. The Morgan fingerprint density at radius 1 is 1.16 bits per heavy atom. The van der Waals surface area contributed by atoms with E-state index in [9.17, 15) is 20.0 Å². The number of carboxylic acid groups (broad SMARTS) is 1. The number of rotatable bonds is 9. The van der Waals surface area contributed by atoms with Gasteiger partial charge >= 0.3 is 11.8 Å². The Bertz CT molecular complexity index is 1500. The van der Waals surface area contributed by atoms with Gasteiger partial charge in [0.25, 0.3) is 0 Å². The zero-order valence-corrected chi connectivity index (χ0v) is 31.6. The lowest BCUT2D eigenvalue weighted by Gasteiger charge is -2.71. The van der Waals surface area contributed by atoms with E-state index >= 15 is 0 Å². The number of nitro groups is 1. The van der Waals surface area contributed by atoms with E-state index in [0.717, 1.165) is 32.1 Å². The van der Waals surface area contributed by atoms with Gasteiger partial charge in [0.15, 0.2) is 0 Å². The number of aliphatic carboxylic acids is 1. The molecule has 0 radical (unpaired) electrons. The number of hydrogen-bond acceptors (Lipinski definition) is 7. The second-order valence-electron chi connectivity index (χ2n) is 19.0. The molecule has 49 heavy (non-hydrogen) atoms. The fourth-order valence-corrected chi connectivity index (χ4v) is 12.2. The van der Waals surface area contributed by atoms with Crippen LogP contribution in [0.1, 0.15) is 114 Å². The summed E-state index contributed by atoms with van der Waals surface area (Å²) in [6.07, 6.45) is 9.05. The molecule has 10 heteroatoms. The average molecular weight is 683 g/mol.